The maximum atomic E-state index is 12.1. The molecule has 0 spiro atoms. The highest BCUT2D eigenvalue weighted by atomic mass is 16.5. The normalized spacial score (nSPS) is 19.2. The number of hydrogen-bond acceptors (Lipinski definition) is 8. The Hall–Kier alpha value is -3.66. The topological polar surface area (TPSA) is 114 Å². The van der Waals surface area contributed by atoms with Crippen molar-refractivity contribution >= 4 is 40.2 Å². The molecule has 2 aromatic heterocycles. The average molecular weight is 477 g/mol. The average Bonchev–Trinajstić information content (AvgIpc) is 3.33. The summed E-state index contributed by atoms with van der Waals surface area (Å²) in [5, 5.41) is 3.28. The monoisotopic (exact) mass is 476 g/mol. The second-order valence-corrected chi connectivity index (χ2v) is 9.13. The highest BCUT2D eigenvalue weighted by molar-refractivity contribution is 5.87. The molecule has 1 atom stereocenters. The largest absolute Gasteiger partial charge is 0.382 e. The van der Waals surface area contributed by atoms with Crippen molar-refractivity contribution in [2.45, 2.75) is 37.8 Å². The number of fused-ring (bicyclic) bond motifs is 1. The minimum atomic E-state index is -0.0536. The molecular formula is C25H32N8O2. The Labute approximate surface area is 204 Å². The molecule has 4 heterocycles. The van der Waals surface area contributed by atoms with Gasteiger partial charge in [0, 0.05) is 44.7 Å². The minimum Gasteiger partial charge on any atom is -0.382 e. The third-order valence-electron chi connectivity index (χ3n) is 6.99. The van der Waals surface area contributed by atoms with Crippen molar-refractivity contribution in [3.05, 3.63) is 43.2 Å². The summed E-state index contributed by atoms with van der Waals surface area (Å²) in [6.07, 6.45) is 7.39. The number of nitrogens with two attached hydrogens (primary N) is 1. The fourth-order valence-electron chi connectivity index (χ4n) is 5.01. The lowest BCUT2D eigenvalue weighted by Crippen LogP contribution is -2.39. The van der Waals surface area contributed by atoms with E-state index in [1.807, 2.05) is 21.6 Å². The zero-order chi connectivity index (χ0) is 24.4. The van der Waals surface area contributed by atoms with E-state index in [9.17, 15) is 4.79 Å². The van der Waals surface area contributed by atoms with Crippen LogP contribution in [-0.2, 0) is 9.53 Å². The first-order valence-electron chi connectivity index (χ1n) is 12.1. The van der Waals surface area contributed by atoms with Crippen LogP contribution in [0, 0.1) is 0 Å². The van der Waals surface area contributed by atoms with Crippen molar-refractivity contribution in [3.8, 4) is 0 Å². The summed E-state index contributed by atoms with van der Waals surface area (Å²) in [7, 11) is 1.79. The van der Waals surface area contributed by atoms with Crippen LogP contribution in [0.4, 0.5) is 23.1 Å². The molecule has 1 aromatic carbocycles. The molecule has 0 aliphatic carbocycles. The summed E-state index contributed by atoms with van der Waals surface area (Å²) < 4.78 is 7.48. The summed E-state index contributed by atoms with van der Waals surface area (Å²) in [6.45, 7) is 6.91. The van der Waals surface area contributed by atoms with Gasteiger partial charge in [-0.1, -0.05) is 6.58 Å². The van der Waals surface area contributed by atoms with E-state index in [0.29, 0.717) is 35.6 Å². The molecule has 2 saturated heterocycles. The molecule has 0 bridgehead atoms. The summed E-state index contributed by atoms with van der Waals surface area (Å²) in [4.78, 5) is 29.9. The Kier molecular flexibility index (Phi) is 6.54. The molecular weight excluding hydrogens is 444 g/mol. The first-order chi connectivity index (χ1) is 17.1. The predicted octanol–water partition coefficient (Wildman–Crippen LogP) is 3.12. The van der Waals surface area contributed by atoms with Crippen molar-refractivity contribution in [1.82, 2.24) is 24.4 Å². The van der Waals surface area contributed by atoms with E-state index in [1.165, 1.54) is 11.8 Å². The quantitative estimate of drug-likeness (QED) is 0.522. The van der Waals surface area contributed by atoms with Crippen LogP contribution < -0.4 is 16.0 Å². The van der Waals surface area contributed by atoms with Gasteiger partial charge in [-0.05, 0) is 56.0 Å². The first-order valence-corrected chi connectivity index (χ1v) is 12.1. The fraction of sp³-hybridized carbons (Fsp3) is 0.440. The van der Waals surface area contributed by atoms with E-state index >= 15 is 0 Å². The van der Waals surface area contributed by atoms with Crippen LogP contribution in [0.15, 0.2) is 43.2 Å². The number of piperidine rings is 2. The number of nitrogens with zero attached hydrogens (tertiary/aromatic N) is 6. The zero-order valence-corrected chi connectivity index (χ0v) is 20.1. The molecule has 3 N–H and O–H groups in total. The maximum absolute atomic E-state index is 12.1. The Bertz CT molecular complexity index is 1200. The van der Waals surface area contributed by atoms with Gasteiger partial charge in [0.1, 0.15) is 5.52 Å². The van der Waals surface area contributed by atoms with Crippen LogP contribution >= 0.6 is 0 Å². The number of imidazole rings is 1. The maximum Gasteiger partial charge on any atom is 0.246 e. The third-order valence-corrected chi connectivity index (χ3v) is 6.99. The first kappa shape index (κ1) is 23.1. The number of carbonyl (C=O) groups excluding carboxylic acids is 1. The second kappa shape index (κ2) is 9.91. The van der Waals surface area contributed by atoms with E-state index in [0.717, 1.165) is 51.0 Å². The predicted molar refractivity (Wildman–Crippen MR) is 137 cm³/mol. The molecule has 2 fully saturated rings. The Balaban J connectivity index is 1.33. The van der Waals surface area contributed by atoms with E-state index in [4.69, 9.17) is 15.5 Å². The van der Waals surface area contributed by atoms with Gasteiger partial charge in [0.25, 0.3) is 0 Å². The number of ether oxygens (including phenoxy) is 1. The number of likely N-dealkylation sites (tertiary alicyclic amines) is 1. The highest BCUT2D eigenvalue weighted by Gasteiger charge is 2.26. The molecule has 10 nitrogen and oxygen atoms in total. The van der Waals surface area contributed by atoms with Gasteiger partial charge in [-0.25, -0.2) is 4.98 Å². The summed E-state index contributed by atoms with van der Waals surface area (Å²) in [5.41, 5.74) is 9.53. The summed E-state index contributed by atoms with van der Waals surface area (Å²) in [5.74, 6) is 0.686. The summed E-state index contributed by atoms with van der Waals surface area (Å²) in [6, 6.07) is 8.34. The van der Waals surface area contributed by atoms with Gasteiger partial charge in [0.15, 0.2) is 11.5 Å². The lowest BCUT2D eigenvalue weighted by atomic mass is 10.1. The number of benzene rings is 1. The molecule has 10 heteroatoms. The Morgan fingerprint density at radius 2 is 1.94 bits per heavy atom. The van der Waals surface area contributed by atoms with Crippen molar-refractivity contribution in [3.63, 3.8) is 0 Å². The molecule has 2 aliphatic heterocycles. The number of anilines is 4. The van der Waals surface area contributed by atoms with E-state index in [-0.39, 0.29) is 11.9 Å². The SMILES string of the molecule is C=CC(=O)N1CCC[C@H](n2cnc3c(N)nc(Nc4ccc(N5CCC(OC)CC5)cc4)nc32)C1. The molecule has 0 unspecified atom stereocenters. The highest BCUT2D eigenvalue weighted by Crippen LogP contribution is 2.29. The number of rotatable bonds is 6. The van der Waals surface area contributed by atoms with Crippen LogP contribution in [0.1, 0.15) is 31.7 Å². The molecule has 2 aliphatic rings. The van der Waals surface area contributed by atoms with Gasteiger partial charge < -0.3 is 30.2 Å². The number of amides is 1. The minimum absolute atomic E-state index is 0.0536. The number of nitrogens with one attached hydrogen (secondary N) is 1. The van der Waals surface area contributed by atoms with Gasteiger partial charge in [-0.15, -0.1) is 0 Å². The smallest absolute Gasteiger partial charge is 0.246 e. The molecule has 0 radical (unpaired) electrons. The van der Waals surface area contributed by atoms with E-state index in [2.05, 4.69) is 38.9 Å². The van der Waals surface area contributed by atoms with Crippen LogP contribution in [0.2, 0.25) is 0 Å². The summed E-state index contributed by atoms with van der Waals surface area (Å²) >= 11 is 0. The van der Waals surface area contributed by atoms with E-state index in [1.54, 1.807) is 13.4 Å². The lowest BCUT2D eigenvalue weighted by Gasteiger charge is -2.33. The lowest BCUT2D eigenvalue weighted by molar-refractivity contribution is -0.127. The van der Waals surface area contributed by atoms with E-state index < -0.39 is 0 Å². The van der Waals surface area contributed by atoms with Crippen molar-refractivity contribution < 1.29 is 9.53 Å². The number of aromatic nitrogens is 4. The van der Waals surface area contributed by atoms with Crippen molar-refractivity contribution in [2.24, 2.45) is 0 Å². The molecule has 35 heavy (non-hydrogen) atoms. The molecule has 3 aromatic rings. The van der Waals surface area contributed by atoms with Crippen molar-refractivity contribution in [1.29, 1.82) is 0 Å². The number of carbonyl (C=O) groups is 1. The second-order valence-electron chi connectivity index (χ2n) is 9.13. The molecule has 1 amide bonds. The van der Waals surface area contributed by atoms with Crippen LogP contribution in [0.25, 0.3) is 11.2 Å². The molecule has 184 valence electrons. The van der Waals surface area contributed by atoms with Gasteiger partial charge >= 0.3 is 0 Å². The fourth-order valence-corrected chi connectivity index (χ4v) is 5.01. The Morgan fingerprint density at radius 1 is 1.17 bits per heavy atom. The van der Waals surface area contributed by atoms with Gasteiger partial charge in [0.2, 0.25) is 11.9 Å². The van der Waals surface area contributed by atoms with Crippen LogP contribution in [0.5, 0.6) is 0 Å². The molecule has 0 saturated carbocycles. The van der Waals surface area contributed by atoms with Gasteiger partial charge in [-0.3, -0.25) is 4.79 Å². The third kappa shape index (κ3) is 4.79. The molecule has 5 rings (SSSR count). The Morgan fingerprint density at radius 3 is 2.66 bits per heavy atom. The zero-order valence-electron chi connectivity index (χ0n) is 20.1. The number of hydrogen-bond donors (Lipinski definition) is 2. The number of methoxy groups -OCH3 is 1. The van der Waals surface area contributed by atoms with Gasteiger partial charge in [-0.2, -0.15) is 9.97 Å². The van der Waals surface area contributed by atoms with Crippen LogP contribution in [-0.4, -0.2) is 69.7 Å². The number of nitrogen functional groups attached to an aromatic ring is 1. The standard InChI is InChI=1S/C25H32N8O2/c1-3-21(34)32-12-4-5-19(15-32)33-16-27-22-23(26)29-25(30-24(22)33)28-17-6-8-18(9-7-17)31-13-10-20(35-2)11-14-31/h3,6-9,16,19-20H,1,4-5,10-15H2,2H3,(H3,26,28,29,30)/t19-/m0/s1. The van der Waals surface area contributed by atoms with Crippen molar-refractivity contribution in [2.75, 3.05) is 49.2 Å². The van der Waals surface area contributed by atoms with Crippen LogP contribution in [0.3, 0.4) is 0 Å². The van der Waals surface area contributed by atoms with Gasteiger partial charge in [0.05, 0.1) is 18.5 Å².